The summed E-state index contributed by atoms with van der Waals surface area (Å²) in [7, 11) is 3.03. The number of hydrogen-bond donors (Lipinski definition) is 2. The number of benzene rings is 2. The Morgan fingerprint density at radius 2 is 1.97 bits per heavy atom. The summed E-state index contributed by atoms with van der Waals surface area (Å²) in [6.45, 7) is 1.49. The standard InChI is InChI=1S/C23H25FN4O3/c1-30-18-8-5-15(6-9-18)20-13-22(27-26-20)28-11-3-4-17(14-28)25-23(29)16-7-10-21(31-2)19(24)12-16/h5-10,12-13,17H,3-4,11,14H2,1-2H3,(H,25,29)(H,26,27)/t17-/m0/s1. The third-order valence-corrected chi connectivity index (χ3v) is 5.46. The van der Waals surface area contributed by atoms with Crippen LogP contribution in [0.1, 0.15) is 23.2 Å². The van der Waals surface area contributed by atoms with Gasteiger partial charge in [-0.15, -0.1) is 0 Å². The number of nitrogens with one attached hydrogen (secondary N) is 2. The zero-order valence-electron chi connectivity index (χ0n) is 17.5. The van der Waals surface area contributed by atoms with Crippen LogP contribution in [0.25, 0.3) is 11.3 Å². The van der Waals surface area contributed by atoms with Gasteiger partial charge < -0.3 is 19.7 Å². The van der Waals surface area contributed by atoms with Gasteiger partial charge in [0.15, 0.2) is 17.4 Å². The van der Waals surface area contributed by atoms with Crippen molar-refractivity contribution in [2.45, 2.75) is 18.9 Å². The lowest BCUT2D eigenvalue weighted by molar-refractivity contribution is 0.0932. The van der Waals surface area contributed by atoms with Crippen molar-refractivity contribution in [1.82, 2.24) is 15.5 Å². The summed E-state index contributed by atoms with van der Waals surface area (Å²) in [5.41, 5.74) is 2.21. The number of halogens is 1. The Morgan fingerprint density at radius 1 is 1.16 bits per heavy atom. The number of amides is 1. The van der Waals surface area contributed by atoms with Gasteiger partial charge in [-0.05, 0) is 60.9 Å². The molecule has 2 aromatic carbocycles. The fourth-order valence-corrected chi connectivity index (χ4v) is 3.77. The second-order valence-electron chi connectivity index (χ2n) is 7.48. The smallest absolute Gasteiger partial charge is 0.251 e. The van der Waals surface area contributed by atoms with Crippen molar-refractivity contribution in [2.24, 2.45) is 0 Å². The highest BCUT2D eigenvalue weighted by atomic mass is 19.1. The average molecular weight is 424 g/mol. The number of carbonyl (C=O) groups is 1. The fourth-order valence-electron chi connectivity index (χ4n) is 3.77. The SMILES string of the molecule is COc1ccc(-c2cc(N3CCC[C@H](NC(=O)c4ccc(OC)c(F)c4)C3)n[nH]2)cc1. The number of carbonyl (C=O) groups excluding carboxylic acids is 1. The van der Waals surface area contributed by atoms with E-state index in [4.69, 9.17) is 9.47 Å². The first kappa shape index (κ1) is 20.7. The zero-order valence-corrected chi connectivity index (χ0v) is 17.5. The van der Waals surface area contributed by atoms with E-state index < -0.39 is 5.82 Å². The number of piperidine rings is 1. The third kappa shape index (κ3) is 4.63. The Morgan fingerprint density at radius 3 is 2.68 bits per heavy atom. The van der Waals surface area contributed by atoms with Crippen LogP contribution >= 0.6 is 0 Å². The highest BCUT2D eigenvalue weighted by Crippen LogP contribution is 2.26. The molecule has 1 saturated heterocycles. The minimum absolute atomic E-state index is 0.0486. The summed E-state index contributed by atoms with van der Waals surface area (Å²) in [6, 6.07) is 13.9. The molecule has 8 heteroatoms. The van der Waals surface area contributed by atoms with E-state index in [0.29, 0.717) is 6.54 Å². The fraction of sp³-hybridized carbons (Fsp3) is 0.304. The Kier molecular flexibility index (Phi) is 6.06. The minimum atomic E-state index is -0.553. The number of rotatable bonds is 6. The third-order valence-electron chi connectivity index (χ3n) is 5.46. The lowest BCUT2D eigenvalue weighted by Crippen LogP contribution is -2.48. The lowest BCUT2D eigenvalue weighted by Gasteiger charge is -2.33. The van der Waals surface area contributed by atoms with E-state index in [9.17, 15) is 9.18 Å². The number of aromatic nitrogens is 2. The molecule has 162 valence electrons. The maximum Gasteiger partial charge on any atom is 0.251 e. The topological polar surface area (TPSA) is 79.5 Å². The van der Waals surface area contributed by atoms with Crippen molar-refractivity contribution >= 4 is 11.7 Å². The molecule has 31 heavy (non-hydrogen) atoms. The molecule has 1 aliphatic heterocycles. The predicted molar refractivity (Wildman–Crippen MR) is 116 cm³/mol. The molecule has 0 aliphatic carbocycles. The van der Waals surface area contributed by atoms with Crippen molar-refractivity contribution < 1.29 is 18.7 Å². The van der Waals surface area contributed by atoms with Crippen LogP contribution in [-0.2, 0) is 0 Å². The molecule has 2 N–H and O–H groups in total. The summed E-state index contributed by atoms with van der Waals surface area (Å²) in [5, 5.41) is 10.5. The monoisotopic (exact) mass is 424 g/mol. The van der Waals surface area contributed by atoms with Gasteiger partial charge in [0.25, 0.3) is 5.91 Å². The molecule has 1 aliphatic rings. The second-order valence-corrected chi connectivity index (χ2v) is 7.48. The van der Waals surface area contributed by atoms with Gasteiger partial charge in [0.2, 0.25) is 0 Å². The molecule has 0 spiro atoms. The van der Waals surface area contributed by atoms with Crippen LogP contribution in [0.3, 0.4) is 0 Å². The lowest BCUT2D eigenvalue weighted by atomic mass is 10.0. The number of aromatic amines is 1. The number of hydrogen-bond acceptors (Lipinski definition) is 5. The van der Waals surface area contributed by atoms with Crippen molar-refractivity contribution in [3.8, 4) is 22.8 Å². The van der Waals surface area contributed by atoms with Gasteiger partial charge in [-0.1, -0.05) is 0 Å². The Balaban J connectivity index is 1.41. The molecule has 1 atom stereocenters. The molecular formula is C23H25FN4O3. The van der Waals surface area contributed by atoms with Gasteiger partial charge in [-0.3, -0.25) is 9.89 Å². The highest BCUT2D eigenvalue weighted by molar-refractivity contribution is 5.94. The maximum absolute atomic E-state index is 13.9. The van der Waals surface area contributed by atoms with E-state index in [1.165, 1.54) is 19.2 Å². The van der Waals surface area contributed by atoms with Gasteiger partial charge >= 0.3 is 0 Å². The van der Waals surface area contributed by atoms with Gasteiger partial charge in [-0.25, -0.2) is 4.39 Å². The molecule has 4 rings (SSSR count). The van der Waals surface area contributed by atoms with E-state index in [0.717, 1.165) is 42.2 Å². The molecule has 3 aromatic rings. The minimum Gasteiger partial charge on any atom is -0.497 e. The molecule has 0 bridgehead atoms. The molecule has 1 aromatic heterocycles. The van der Waals surface area contributed by atoms with Crippen LogP contribution in [0.15, 0.2) is 48.5 Å². The first-order valence-corrected chi connectivity index (χ1v) is 10.2. The summed E-state index contributed by atoms with van der Waals surface area (Å²) >= 11 is 0. The molecule has 1 fully saturated rings. The van der Waals surface area contributed by atoms with Crippen molar-refractivity contribution in [2.75, 3.05) is 32.2 Å². The molecule has 0 unspecified atom stereocenters. The maximum atomic E-state index is 13.9. The first-order chi connectivity index (χ1) is 15.1. The molecule has 0 radical (unpaired) electrons. The number of H-pyrrole nitrogens is 1. The van der Waals surface area contributed by atoms with Gasteiger partial charge in [0, 0.05) is 30.8 Å². The van der Waals surface area contributed by atoms with Crippen LogP contribution in [0.2, 0.25) is 0 Å². The summed E-state index contributed by atoms with van der Waals surface area (Å²) < 4.78 is 24.0. The largest absolute Gasteiger partial charge is 0.497 e. The number of anilines is 1. The molecule has 2 heterocycles. The van der Waals surface area contributed by atoms with E-state index in [1.54, 1.807) is 13.2 Å². The normalized spacial score (nSPS) is 16.1. The highest BCUT2D eigenvalue weighted by Gasteiger charge is 2.24. The van der Waals surface area contributed by atoms with Crippen LogP contribution in [0.4, 0.5) is 10.2 Å². The average Bonchev–Trinajstić information content (AvgIpc) is 3.29. The summed E-state index contributed by atoms with van der Waals surface area (Å²) in [6.07, 6.45) is 1.78. The van der Waals surface area contributed by atoms with Crippen molar-refractivity contribution in [3.63, 3.8) is 0 Å². The Labute approximate surface area is 180 Å². The van der Waals surface area contributed by atoms with E-state index in [2.05, 4.69) is 20.4 Å². The number of methoxy groups -OCH3 is 2. The molecular weight excluding hydrogens is 399 g/mol. The Hall–Kier alpha value is -3.55. The quantitative estimate of drug-likeness (QED) is 0.632. The Bertz CT molecular complexity index is 1050. The van der Waals surface area contributed by atoms with Gasteiger partial charge in [0.05, 0.1) is 19.9 Å². The van der Waals surface area contributed by atoms with Crippen LogP contribution in [-0.4, -0.2) is 49.5 Å². The van der Waals surface area contributed by atoms with E-state index in [-0.39, 0.29) is 23.3 Å². The zero-order chi connectivity index (χ0) is 21.8. The predicted octanol–water partition coefficient (Wildman–Crippen LogP) is 3.63. The van der Waals surface area contributed by atoms with Crippen LogP contribution < -0.4 is 19.7 Å². The van der Waals surface area contributed by atoms with Crippen LogP contribution in [0, 0.1) is 5.82 Å². The van der Waals surface area contributed by atoms with Gasteiger partial charge in [0.1, 0.15) is 5.75 Å². The number of ether oxygens (including phenoxy) is 2. The van der Waals surface area contributed by atoms with Crippen LogP contribution in [0.5, 0.6) is 11.5 Å². The second kappa shape index (κ2) is 9.07. The van der Waals surface area contributed by atoms with E-state index >= 15 is 0 Å². The molecule has 0 saturated carbocycles. The van der Waals surface area contributed by atoms with E-state index in [1.807, 2.05) is 30.3 Å². The van der Waals surface area contributed by atoms with Gasteiger partial charge in [-0.2, -0.15) is 5.10 Å². The molecule has 1 amide bonds. The molecule has 7 nitrogen and oxygen atoms in total. The van der Waals surface area contributed by atoms with Crippen molar-refractivity contribution in [1.29, 1.82) is 0 Å². The summed E-state index contributed by atoms with van der Waals surface area (Å²) in [5.74, 6) is 0.902. The number of nitrogens with zero attached hydrogens (tertiary/aromatic N) is 2. The first-order valence-electron chi connectivity index (χ1n) is 10.2. The summed E-state index contributed by atoms with van der Waals surface area (Å²) in [4.78, 5) is 14.7. The van der Waals surface area contributed by atoms with Crippen molar-refractivity contribution in [3.05, 3.63) is 59.9 Å².